The third-order valence-electron chi connectivity index (χ3n) is 2.10. The van der Waals surface area contributed by atoms with Gasteiger partial charge in [-0.05, 0) is 31.5 Å². The molecule has 0 atom stereocenters. The molecule has 0 heterocycles. The Kier molecular flexibility index (Phi) is 3.77. The van der Waals surface area contributed by atoms with Crippen molar-refractivity contribution in [1.29, 1.82) is 0 Å². The molecular weight excluding hydrogens is 181 g/mol. The molecule has 0 unspecified atom stereocenters. The highest BCUT2D eigenvalue weighted by Crippen LogP contribution is 2.11. The van der Waals surface area contributed by atoms with Crippen LogP contribution in [0.4, 0.5) is 4.39 Å². The van der Waals surface area contributed by atoms with Crippen LogP contribution in [0.2, 0.25) is 0 Å². The number of halogens is 1. The van der Waals surface area contributed by atoms with Crippen molar-refractivity contribution in [3.63, 3.8) is 0 Å². The topological polar surface area (TPSA) is 43.1 Å². The zero-order chi connectivity index (χ0) is 10.6. The van der Waals surface area contributed by atoms with Gasteiger partial charge in [0.05, 0.1) is 0 Å². The number of hydrogen-bond acceptors (Lipinski definition) is 2. The molecule has 0 aromatic heterocycles. The third kappa shape index (κ3) is 2.64. The van der Waals surface area contributed by atoms with E-state index in [9.17, 15) is 9.18 Å². The van der Waals surface area contributed by atoms with Gasteiger partial charge >= 0.3 is 0 Å². The van der Waals surface area contributed by atoms with Gasteiger partial charge in [0.1, 0.15) is 5.82 Å². The molecule has 0 aliphatic carbocycles. The molecular formula is C11H14FNO. The van der Waals surface area contributed by atoms with Crippen LogP contribution in [0.3, 0.4) is 0 Å². The lowest BCUT2D eigenvalue weighted by Crippen LogP contribution is -2.05. The standard InChI is InChI=1S/C11H14FNO/c1-8-4-5-9(7-10(8)12)11(14)3-2-6-13/h4-5,7H,2-3,6,13H2,1H3. The fraction of sp³-hybridized carbons (Fsp3) is 0.364. The number of aryl methyl sites for hydroxylation is 1. The highest BCUT2D eigenvalue weighted by atomic mass is 19.1. The first-order valence-corrected chi connectivity index (χ1v) is 4.64. The van der Waals surface area contributed by atoms with E-state index in [1.165, 1.54) is 6.07 Å². The van der Waals surface area contributed by atoms with Gasteiger partial charge in [-0.1, -0.05) is 12.1 Å². The first-order valence-electron chi connectivity index (χ1n) is 4.64. The second-order valence-corrected chi connectivity index (χ2v) is 3.28. The van der Waals surface area contributed by atoms with Crippen molar-refractivity contribution in [1.82, 2.24) is 0 Å². The Balaban J connectivity index is 2.76. The summed E-state index contributed by atoms with van der Waals surface area (Å²) in [5.41, 5.74) is 6.27. The lowest BCUT2D eigenvalue weighted by molar-refractivity contribution is 0.0980. The molecule has 0 aliphatic heterocycles. The lowest BCUT2D eigenvalue weighted by atomic mass is 10.0. The van der Waals surface area contributed by atoms with Crippen LogP contribution in [0.15, 0.2) is 18.2 Å². The summed E-state index contributed by atoms with van der Waals surface area (Å²) in [5.74, 6) is -0.377. The predicted molar refractivity (Wildman–Crippen MR) is 53.8 cm³/mol. The highest BCUT2D eigenvalue weighted by Gasteiger charge is 2.07. The zero-order valence-electron chi connectivity index (χ0n) is 8.22. The van der Waals surface area contributed by atoms with E-state index < -0.39 is 0 Å². The molecule has 1 rings (SSSR count). The normalized spacial score (nSPS) is 10.2. The van der Waals surface area contributed by atoms with Crippen LogP contribution < -0.4 is 5.73 Å². The fourth-order valence-electron chi connectivity index (χ4n) is 1.17. The van der Waals surface area contributed by atoms with Gasteiger partial charge in [-0.25, -0.2) is 4.39 Å². The summed E-state index contributed by atoms with van der Waals surface area (Å²) in [4.78, 5) is 11.4. The number of carbonyl (C=O) groups excluding carboxylic acids is 1. The van der Waals surface area contributed by atoms with E-state index in [4.69, 9.17) is 5.73 Å². The Bertz CT molecular complexity index is 336. The average Bonchev–Trinajstić information content (AvgIpc) is 2.18. The number of carbonyl (C=O) groups is 1. The van der Waals surface area contributed by atoms with Crippen LogP contribution in [-0.2, 0) is 0 Å². The average molecular weight is 195 g/mol. The minimum absolute atomic E-state index is 0.0469. The van der Waals surface area contributed by atoms with Crippen molar-refractivity contribution < 1.29 is 9.18 Å². The Labute approximate surface area is 82.9 Å². The van der Waals surface area contributed by atoms with Gasteiger partial charge in [-0.3, -0.25) is 4.79 Å². The van der Waals surface area contributed by atoms with Crippen molar-refractivity contribution in [2.24, 2.45) is 5.73 Å². The SMILES string of the molecule is Cc1ccc(C(=O)CCCN)cc1F. The molecule has 0 spiro atoms. The molecule has 1 aromatic carbocycles. The second-order valence-electron chi connectivity index (χ2n) is 3.28. The van der Waals surface area contributed by atoms with E-state index >= 15 is 0 Å². The number of hydrogen-bond donors (Lipinski definition) is 1. The summed E-state index contributed by atoms with van der Waals surface area (Å²) in [5, 5.41) is 0. The number of Topliss-reactive ketones (excluding diaryl/α,β-unsaturated/α-hetero) is 1. The van der Waals surface area contributed by atoms with Gasteiger partial charge in [0.25, 0.3) is 0 Å². The van der Waals surface area contributed by atoms with Gasteiger partial charge in [0.15, 0.2) is 5.78 Å². The molecule has 2 nitrogen and oxygen atoms in total. The first-order chi connectivity index (χ1) is 6.65. The van der Waals surface area contributed by atoms with Gasteiger partial charge in [-0.2, -0.15) is 0 Å². The maximum Gasteiger partial charge on any atom is 0.163 e. The van der Waals surface area contributed by atoms with E-state index in [1.54, 1.807) is 19.1 Å². The molecule has 1 aromatic rings. The monoisotopic (exact) mass is 195 g/mol. The van der Waals surface area contributed by atoms with Gasteiger partial charge in [-0.15, -0.1) is 0 Å². The summed E-state index contributed by atoms with van der Waals surface area (Å²) in [6.45, 7) is 2.16. The van der Waals surface area contributed by atoms with E-state index in [0.29, 0.717) is 30.5 Å². The fourth-order valence-corrected chi connectivity index (χ4v) is 1.17. The number of benzene rings is 1. The molecule has 0 saturated carbocycles. The third-order valence-corrected chi connectivity index (χ3v) is 2.10. The molecule has 76 valence electrons. The minimum atomic E-state index is -0.330. The predicted octanol–water partition coefficient (Wildman–Crippen LogP) is 2.06. The van der Waals surface area contributed by atoms with Gasteiger partial charge < -0.3 is 5.73 Å². The summed E-state index contributed by atoms with van der Waals surface area (Å²) in [7, 11) is 0. The quantitative estimate of drug-likeness (QED) is 0.747. The largest absolute Gasteiger partial charge is 0.330 e. The van der Waals surface area contributed by atoms with Crippen molar-refractivity contribution >= 4 is 5.78 Å². The lowest BCUT2D eigenvalue weighted by Gasteiger charge is -2.01. The highest BCUT2D eigenvalue weighted by molar-refractivity contribution is 5.96. The summed E-state index contributed by atoms with van der Waals surface area (Å²) >= 11 is 0. The van der Waals surface area contributed by atoms with Crippen LogP contribution in [0.5, 0.6) is 0 Å². The van der Waals surface area contributed by atoms with E-state index in [2.05, 4.69) is 0 Å². The summed E-state index contributed by atoms with van der Waals surface area (Å²) in [6.07, 6.45) is 1.04. The van der Waals surface area contributed by atoms with E-state index in [1.807, 2.05) is 0 Å². The van der Waals surface area contributed by atoms with Crippen molar-refractivity contribution in [2.45, 2.75) is 19.8 Å². The molecule has 0 amide bonds. The molecule has 0 aliphatic rings. The molecule has 0 fully saturated rings. The number of ketones is 1. The van der Waals surface area contributed by atoms with Crippen LogP contribution in [-0.4, -0.2) is 12.3 Å². The molecule has 0 saturated heterocycles. The minimum Gasteiger partial charge on any atom is -0.330 e. The molecule has 0 radical (unpaired) electrons. The zero-order valence-corrected chi connectivity index (χ0v) is 8.22. The number of rotatable bonds is 4. The van der Waals surface area contributed by atoms with E-state index in [0.717, 1.165) is 0 Å². The summed E-state index contributed by atoms with van der Waals surface area (Å²) < 4.78 is 13.1. The number of nitrogens with two attached hydrogens (primary N) is 1. The van der Waals surface area contributed by atoms with Crippen LogP contribution in [0.25, 0.3) is 0 Å². The van der Waals surface area contributed by atoms with Crippen LogP contribution in [0.1, 0.15) is 28.8 Å². The molecule has 14 heavy (non-hydrogen) atoms. The smallest absolute Gasteiger partial charge is 0.163 e. The van der Waals surface area contributed by atoms with E-state index in [-0.39, 0.29) is 11.6 Å². The Morgan fingerprint density at radius 3 is 2.79 bits per heavy atom. The molecule has 2 N–H and O–H groups in total. The summed E-state index contributed by atoms with van der Waals surface area (Å²) in [6, 6.07) is 4.55. The molecule has 3 heteroatoms. The van der Waals surface area contributed by atoms with Crippen molar-refractivity contribution in [3.8, 4) is 0 Å². The molecule has 0 bridgehead atoms. The van der Waals surface area contributed by atoms with Gasteiger partial charge in [0.2, 0.25) is 0 Å². The van der Waals surface area contributed by atoms with Crippen molar-refractivity contribution in [3.05, 3.63) is 35.1 Å². The van der Waals surface area contributed by atoms with Crippen LogP contribution in [0, 0.1) is 12.7 Å². The Morgan fingerprint density at radius 1 is 1.50 bits per heavy atom. The maximum atomic E-state index is 13.1. The van der Waals surface area contributed by atoms with Crippen molar-refractivity contribution in [2.75, 3.05) is 6.54 Å². The van der Waals surface area contributed by atoms with Crippen LogP contribution >= 0.6 is 0 Å². The first kappa shape index (κ1) is 10.9. The Morgan fingerprint density at radius 2 is 2.21 bits per heavy atom. The maximum absolute atomic E-state index is 13.1. The second kappa shape index (κ2) is 4.86. The van der Waals surface area contributed by atoms with Gasteiger partial charge in [0, 0.05) is 12.0 Å². The Hall–Kier alpha value is -1.22.